The van der Waals surface area contributed by atoms with Crippen LogP contribution in [-0.4, -0.2) is 13.2 Å². The van der Waals surface area contributed by atoms with Gasteiger partial charge in [0.2, 0.25) is 0 Å². The molecule has 0 fully saturated rings. The average Bonchev–Trinajstić information content (AvgIpc) is 3.14. The first kappa shape index (κ1) is 31.2. The van der Waals surface area contributed by atoms with E-state index in [1.54, 1.807) is 0 Å². The zero-order valence-corrected chi connectivity index (χ0v) is 26.7. The van der Waals surface area contributed by atoms with Gasteiger partial charge in [0, 0.05) is 0 Å². The van der Waals surface area contributed by atoms with Gasteiger partial charge in [-0.1, -0.05) is 196 Å². The van der Waals surface area contributed by atoms with E-state index in [4.69, 9.17) is 9.47 Å². The van der Waals surface area contributed by atoms with E-state index < -0.39 is 11.2 Å². The second kappa shape index (κ2) is 14.6. The third-order valence-corrected chi connectivity index (χ3v) is 9.18. The summed E-state index contributed by atoms with van der Waals surface area (Å²) < 4.78 is 14.4. The van der Waals surface area contributed by atoms with E-state index in [0.29, 0.717) is 13.2 Å². The van der Waals surface area contributed by atoms with Gasteiger partial charge in [-0.05, 0) is 45.2 Å². The molecule has 0 N–H and O–H groups in total. The van der Waals surface area contributed by atoms with Crippen LogP contribution < -0.4 is 0 Å². The normalized spacial score (nSPS) is 13.2. The molecule has 6 rings (SSSR count). The quantitative estimate of drug-likeness (QED) is 0.122. The molecule has 2 heteroatoms. The molecule has 0 unspecified atom stereocenters. The molecular formula is C44H42O2. The van der Waals surface area contributed by atoms with Gasteiger partial charge in [-0.25, -0.2) is 0 Å². The lowest BCUT2D eigenvalue weighted by Crippen LogP contribution is -2.37. The van der Waals surface area contributed by atoms with Crippen molar-refractivity contribution in [3.63, 3.8) is 0 Å². The highest BCUT2D eigenvalue weighted by Gasteiger charge is 2.40. The molecule has 0 aliphatic heterocycles. The van der Waals surface area contributed by atoms with E-state index in [0.717, 1.165) is 33.4 Å². The van der Waals surface area contributed by atoms with Crippen LogP contribution in [0.5, 0.6) is 0 Å². The predicted molar refractivity (Wildman–Crippen MR) is 189 cm³/mol. The van der Waals surface area contributed by atoms with Crippen LogP contribution >= 0.6 is 0 Å². The van der Waals surface area contributed by atoms with Crippen molar-refractivity contribution in [3.8, 4) is 0 Å². The van der Waals surface area contributed by atoms with Gasteiger partial charge < -0.3 is 9.47 Å². The molecule has 0 spiro atoms. The maximum atomic E-state index is 7.20. The highest BCUT2D eigenvalue weighted by Crippen LogP contribution is 2.43. The van der Waals surface area contributed by atoms with E-state index in [-0.39, 0.29) is 11.8 Å². The fraction of sp³-hybridized carbons (Fsp3) is 0.182. The molecule has 2 atom stereocenters. The molecule has 0 aliphatic rings. The standard InChI is InChI=1S/C44H42O2/c1-35(33-45-43(37-21-9-3-10-22-37,38-23-11-4-12-24-38)39-25-13-5-14-26-39)36(2)34-46-44(40-27-15-6-16-28-40,41-29-17-7-18-30-41)42-31-19-8-20-32-42/h3-32,35-36H,33-34H2,1-2H3/t35-,36-/m1/s1. The van der Waals surface area contributed by atoms with Gasteiger partial charge in [-0.2, -0.15) is 0 Å². The molecule has 6 aromatic rings. The van der Waals surface area contributed by atoms with Gasteiger partial charge >= 0.3 is 0 Å². The Kier molecular flexibility index (Phi) is 9.88. The van der Waals surface area contributed by atoms with Crippen molar-refractivity contribution in [2.45, 2.75) is 25.0 Å². The summed E-state index contributed by atoms with van der Waals surface area (Å²) in [5.74, 6) is 0.408. The summed E-state index contributed by atoms with van der Waals surface area (Å²) in [6.07, 6.45) is 0. The van der Waals surface area contributed by atoms with Crippen molar-refractivity contribution >= 4 is 0 Å². The fourth-order valence-electron chi connectivity index (χ4n) is 6.38. The summed E-state index contributed by atoms with van der Waals surface area (Å²) in [5, 5.41) is 0. The zero-order valence-electron chi connectivity index (χ0n) is 26.7. The third kappa shape index (κ3) is 6.33. The van der Waals surface area contributed by atoms with Crippen molar-refractivity contribution in [1.82, 2.24) is 0 Å². The smallest absolute Gasteiger partial charge is 0.143 e. The molecule has 0 aliphatic carbocycles. The number of hydrogen-bond donors (Lipinski definition) is 0. The fourth-order valence-corrected chi connectivity index (χ4v) is 6.38. The highest BCUT2D eigenvalue weighted by atomic mass is 16.5. The Morgan fingerprint density at radius 3 is 0.674 bits per heavy atom. The first-order chi connectivity index (χ1) is 22.6. The largest absolute Gasteiger partial charge is 0.361 e. The zero-order chi connectivity index (χ0) is 31.7. The van der Waals surface area contributed by atoms with E-state index in [1.807, 2.05) is 0 Å². The molecule has 0 radical (unpaired) electrons. The van der Waals surface area contributed by atoms with Crippen molar-refractivity contribution < 1.29 is 9.47 Å². The van der Waals surface area contributed by atoms with Crippen LogP contribution in [0.15, 0.2) is 182 Å². The summed E-state index contributed by atoms with van der Waals surface area (Å²) in [5.41, 5.74) is 5.17. The highest BCUT2D eigenvalue weighted by molar-refractivity contribution is 5.48. The van der Waals surface area contributed by atoms with Gasteiger partial charge in [0.1, 0.15) is 11.2 Å². The molecule has 0 amide bonds. The van der Waals surface area contributed by atoms with Crippen LogP contribution in [0, 0.1) is 11.8 Å². The number of ether oxygens (including phenoxy) is 2. The minimum atomic E-state index is -0.750. The van der Waals surface area contributed by atoms with Crippen molar-refractivity contribution in [1.29, 1.82) is 0 Å². The second-order valence-electron chi connectivity index (χ2n) is 12.1. The maximum absolute atomic E-state index is 7.20. The predicted octanol–water partition coefficient (Wildman–Crippen LogP) is 10.3. The lowest BCUT2D eigenvalue weighted by atomic mass is 9.79. The summed E-state index contributed by atoms with van der Waals surface area (Å²) in [6, 6.07) is 63.5. The Labute approximate surface area is 274 Å². The van der Waals surface area contributed by atoms with E-state index in [2.05, 4.69) is 196 Å². The Morgan fingerprint density at radius 1 is 0.326 bits per heavy atom. The van der Waals surface area contributed by atoms with Crippen LogP contribution in [0.3, 0.4) is 0 Å². The van der Waals surface area contributed by atoms with Gasteiger partial charge in [-0.15, -0.1) is 0 Å². The van der Waals surface area contributed by atoms with E-state index >= 15 is 0 Å². The first-order valence-electron chi connectivity index (χ1n) is 16.3. The summed E-state index contributed by atoms with van der Waals surface area (Å²) in [7, 11) is 0. The Morgan fingerprint density at radius 2 is 0.500 bits per heavy atom. The summed E-state index contributed by atoms with van der Waals surface area (Å²) in [6.45, 7) is 5.65. The first-order valence-corrected chi connectivity index (χ1v) is 16.3. The lowest BCUT2D eigenvalue weighted by Gasteiger charge is -2.39. The maximum Gasteiger partial charge on any atom is 0.143 e. The van der Waals surface area contributed by atoms with Crippen LogP contribution in [0.4, 0.5) is 0 Å². The minimum absolute atomic E-state index is 0.204. The molecule has 0 heterocycles. The molecule has 2 nitrogen and oxygen atoms in total. The molecule has 6 aromatic carbocycles. The van der Waals surface area contributed by atoms with Crippen LogP contribution in [0.2, 0.25) is 0 Å². The number of rotatable bonds is 13. The monoisotopic (exact) mass is 602 g/mol. The third-order valence-electron chi connectivity index (χ3n) is 9.18. The van der Waals surface area contributed by atoms with Crippen molar-refractivity contribution in [2.24, 2.45) is 11.8 Å². The van der Waals surface area contributed by atoms with Crippen molar-refractivity contribution in [2.75, 3.05) is 13.2 Å². The average molecular weight is 603 g/mol. The SMILES string of the molecule is C[C@H](COC(c1ccccc1)(c1ccccc1)c1ccccc1)[C@H](C)COC(c1ccccc1)(c1ccccc1)c1ccccc1. The van der Waals surface area contributed by atoms with Gasteiger partial charge in [0.05, 0.1) is 13.2 Å². The number of benzene rings is 6. The van der Waals surface area contributed by atoms with E-state index in [1.165, 1.54) is 0 Å². The Balaban J connectivity index is 1.32. The molecule has 0 saturated heterocycles. The number of hydrogen-bond acceptors (Lipinski definition) is 2. The molecule has 230 valence electrons. The van der Waals surface area contributed by atoms with Crippen LogP contribution in [-0.2, 0) is 20.7 Å². The van der Waals surface area contributed by atoms with Crippen LogP contribution in [0.1, 0.15) is 47.2 Å². The molecular weight excluding hydrogens is 560 g/mol. The van der Waals surface area contributed by atoms with Crippen molar-refractivity contribution in [3.05, 3.63) is 215 Å². The lowest BCUT2D eigenvalue weighted by molar-refractivity contribution is -0.0459. The Hall–Kier alpha value is -4.76. The Bertz CT molecular complexity index is 1410. The summed E-state index contributed by atoms with van der Waals surface area (Å²) >= 11 is 0. The van der Waals surface area contributed by atoms with Crippen LogP contribution in [0.25, 0.3) is 0 Å². The molecule has 0 saturated carbocycles. The van der Waals surface area contributed by atoms with E-state index in [9.17, 15) is 0 Å². The van der Waals surface area contributed by atoms with Gasteiger partial charge in [-0.3, -0.25) is 0 Å². The molecule has 0 aromatic heterocycles. The minimum Gasteiger partial charge on any atom is -0.361 e. The topological polar surface area (TPSA) is 18.5 Å². The molecule has 46 heavy (non-hydrogen) atoms. The summed E-state index contributed by atoms with van der Waals surface area (Å²) in [4.78, 5) is 0. The van der Waals surface area contributed by atoms with Gasteiger partial charge in [0.25, 0.3) is 0 Å². The second-order valence-corrected chi connectivity index (χ2v) is 12.1. The molecule has 0 bridgehead atoms. The van der Waals surface area contributed by atoms with Gasteiger partial charge in [0.15, 0.2) is 0 Å².